The van der Waals surface area contributed by atoms with Gasteiger partial charge in [0, 0.05) is 20.5 Å². The molecule has 0 aliphatic rings. The Morgan fingerprint density at radius 1 is 0.667 bits per heavy atom. The molecule has 2 N–H and O–H groups in total. The van der Waals surface area contributed by atoms with Gasteiger partial charge in [-0.05, 0) is 85.0 Å². The highest BCUT2D eigenvalue weighted by Crippen LogP contribution is 2.35. The first-order valence-electron chi connectivity index (χ1n) is 12.5. The summed E-state index contributed by atoms with van der Waals surface area (Å²) < 4.78 is 10.5. The highest BCUT2D eigenvalue weighted by molar-refractivity contribution is 14.1. The lowest BCUT2D eigenvalue weighted by atomic mass is 9.89. The lowest BCUT2D eigenvalue weighted by molar-refractivity contribution is 0.513. The number of para-hydroxylation sites is 2. The highest BCUT2D eigenvalue weighted by Gasteiger charge is 2.33. The molecule has 3 aromatic carbocycles. The van der Waals surface area contributed by atoms with Crippen molar-refractivity contribution in [2.45, 2.75) is 19.8 Å². The molecule has 0 amide bonds. The smallest absolute Gasteiger partial charge is 0.275 e. The van der Waals surface area contributed by atoms with E-state index < -0.39 is 5.92 Å². The van der Waals surface area contributed by atoms with Gasteiger partial charge in [0.2, 0.25) is 0 Å². The predicted molar refractivity (Wildman–Crippen MR) is 160 cm³/mol. The second kappa shape index (κ2) is 10.1. The largest absolute Gasteiger partial charge is 0.460 e. The third-order valence-electron chi connectivity index (χ3n) is 6.88. The molecule has 8 heteroatoms. The van der Waals surface area contributed by atoms with E-state index in [-0.39, 0.29) is 11.1 Å². The molecular weight excluding hydrogens is 603 g/mol. The van der Waals surface area contributed by atoms with Crippen molar-refractivity contribution in [2.24, 2.45) is 0 Å². The van der Waals surface area contributed by atoms with Crippen LogP contribution < -0.4 is 11.1 Å². The number of aromatic nitrogens is 4. The Bertz CT molecular complexity index is 1780. The van der Waals surface area contributed by atoms with Crippen molar-refractivity contribution in [1.82, 2.24) is 19.6 Å². The molecule has 0 aliphatic heterocycles. The Balaban J connectivity index is 1.57. The number of benzene rings is 3. The van der Waals surface area contributed by atoms with Gasteiger partial charge >= 0.3 is 0 Å². The summed E-state index contributed by atoms with van der Waals surface area (Å²) in [5.41, 5.74) is 4.11. The zero-order chi connectivity index (χ0) is 27.1. The number of furan rings is 1. The van der Waals surface area contributed by atoms with Crippen LogP contribution in [0.15, 0.2) is 111 Å². The first-order chi connectivity index (χ1) is 18.9. The Morgan fingerprint density at radius 2 is 1.15 bits per heavy atom. The van der Waals surface area contributed by atoms with E-state index in [4.69, 9.17) is 4.42 Å². The average Bonchev–Trinajstić information content (AvgIpc) is 3.64. The molecule has 6 rings (SSSR count). The van der Waals surface area contributed by atoms with Crippen LogP contribution in [0.3, 0.4) is 0 Å². The molecule has 7 nitrogen and oxygen atoms in total. The Morgan fingerprint density at radius 3 is 1.64 bits per heavy atom. The molecule has 0 saturated heterocycles. The number of hydrogen-bond acceptors (Lipinski definition) is 3. The highest BCUT2D eigenvalue weighted by atomic mass is 127. The van der Waals surface area contributed by atoms with E-state index in [1.165, 1.54) is 9.36 Å². The number of aromatic amines is 2. The fourth-order valence-electron chi connectivity index (χ4n) is 5.02. The lowest BCUT2D eigenvalue weighted by Gasteiger charge is -2.13. The summed E-state index contributed by atoms with van der Waals surface area (Å²) in [7, 11) is 0. The maximum absolute atomic E-state index is 14.0. The molecule has 0 bridgehead atoms. The Labute approximate surface area is 237 Å². The normalized spacial score (nSPS) is 11.4. The SMILES string of the molecule is Cc1[nH]n(-c2ccccc2)c(=O)c1C(c1ccc(-c2ccc(I)cc2)o1)c1c(C)[nH]n(-c2ccccc2)c1=O. The minimum Gasteiger partial charge on any atom is -0.460 e. The van der Waals surface area contributed by atoms with Crippen molar-refractivity contribution in [3.8, 4) is 22.7 Å². The van der Waals surface area contributed by atoms with E-state index in [1.54, 1.807) is 0 Å². The maximum Gasteiger partial charge on any atom is 0.275 e. The molecular formula is C31H25IN4O3. The number of nitrogens with one attached hydrogen (secondary N) is 2. The molecule has 3 heterocycles. The number of rotatable bonds is 6. The van der Waals surface area contributed by atoms with Crippen molar-refractivity contribution < 1.29 is 4.42 Å². The number of halogens is 1. The summed E-state index contributed by atoms with van der Waals surface area (Å²) in [6, 6.07) is 30.5. The van der Waals surface area contributed by atoms with Crippen LogP contribution in [-0.2, 0) is 0 Å². The summed E-state index contributed by atoms with van der Waals surface area (Å²) in [5.74, 6) is 0.451. The molecule has 0 unspecified atom stereocenters. The van der Waals surface area contributed by atoms with Gasteiger partial charge < -0.3 is 4.42 Å². The van der Waals surface area contributed by atoms with Gasteiger partial charge in [-0.15, -0.1) is 0 Å². The van der Waals surface area contributed by atoms with Crippen LogP contribution in [0.4, 0.5) is 0 Å². The average molecular weight is 628 g/mol. The number of H-pyrrole nitrogens is 2. The zero-order valence-corrected chi connectivity index (χ0v) is 23.5. The van der Waals surface area contributed by atoms with Crippen molar-refractivity contribution in [3.05, 3.63) is 150 Å². The molecule has 0 fully saturated rings. The van der Waals surface area contributed by atoms with Crippen LogP contribution >= 0.6 is 22.6 Å². The van der Waals surface area contributed by atoms with Crippen LogP contribution in [0.25, 0.3) is 22.7 Å². The molecule has 0 atom stereocenters. The van der Waals surface area contributed by atoms with Gasteiger partial charge in [-0.1, -0.05) is 48.5 Å². The monoisotopic (exact) mass is 628 g/mol. The molecule has 0 spiro atoms. The van der Waals surface area contributed by atoms with Crippen LogP contribution in [0.1, 0.15) is 34.2 Å². The summed E-state index contributed by atoms with van der Waals surface area (Å²) in [4.78, 5) is 27.9. The van der Waals surface area contributed by atoms with E-state index in [0.717, 1.165) is 9.13 Å². The maximum atomic E-state index is 14.0. The molecule has 0 saturated carbocycles. The standard InChI is InChI=1S/C31H25IN4O3/c1-19-27(30(37)35(33-19)23-9-5-3-6-10-23)29(26-18-17-25(39-26)21-13-15-22(32)16-14-21)28-20(2)34-36(31(28)38)24-11-7-4-8-12-24/h3-18,29,33-34H,1-2H3. The van der Waals surface area contributed by atoms with Crippen molar-refractivity contribution in [1.29, 1.82) is 0 Å². The first kappa shape index (κ1) is 25.0. The van der Waals surface area contributed by atoms with Crippen molar-refractivity contribution in [3.63, 3.8) is 0 Å². The third kappa shape index (κ3) is 4.50. The second-order valence-corrected chi connectivity index (χ2v) is 10.6. The molecule has 39 heavy (non-hydrogen) atoms. The summed E-state index contributed by atoms with van der Waals surface area (Å²) in [5, 5.41) is 6.43. The molecule has 0 radical (unpaired) electrons. The zero-order valence-electron chi connectivity index (χ0n) is 21.3. The topological polar surface area (TPSA) is 88.7 Å². The summed E-state index contributed by atoms with van der Waals surface area (Å²) in [6.45, 7) is 3.70. The third-order valence-corrected chi connectivity index (χ3v) is 7.60. The summed E-state index contributed by atoms with van der Waals surface area (Å²) in [6.07, 6.45) is 0. The van der Waals surface area contributed by atoms with E-state index >= 15 is 0 Å². The van der Waals surface area contributed by atoms with Crippen LogP contribution in [0.2, 0.25) is 0 Å². The minimum absolute atomic E-state index is 0.234. The Kier molecular flexibility index (Phi) is 6.48. The first-order valence-corrected chi connectivity index (χ1v) is 13.6. The quantitative estimate of drug-likeness (QED) is 0.212. The van der Waals surface area contributed by atoms with Gasteiger partial charge in [-0.2, -0.15) is 0 Å². The minimum atomic E-state index is -0.731. The van der Waals surface area contributed by atoms with Gasteiger partial charge in [0.05, 0.1) is 28.4 Å². The van der Waals surface area contributed by atoms with Crippen molar-refractivity contribution >= 4 is 22.6 Å². The fraction of sp³-hybridized carbons (Fsp3) is 0.0968. The Hall–Kier alpha value is -4.31. The van der Waals surface area contributed by atoms with Gasteiger partial charge in [0.15, 0.2) is 0 Å². The molecule has 194 valence electrons. The summed E-state index contributed by atoms with van der Waals surface area (Å²) >= 11 is 2.26. The van der Waals surface area contributed by atoms with E-state index in [9.17, 15) is 9.59 Å². The number of nitrogens with zero attached hydrogens (tertiary/aromatic N) is 2. The van der Waals surface area contributed by atoms with Gasteiger partial charge in [-0.25, -0.2) is 9.36 Å². The van der Waals surface area contributed by atoms with E-state index in [1.807, 2.05) is 111 Å². The van der Waals surface area contributed by atoms with Gasteiger partial charge in [-0.3, -0.25) is 19.8 Å². The van der Waals surface area contributed by atoms with Gasteiger partial charge in [0.25, 0.3) is 11.1 Å². The predicted octanol–water partition coefficient (Wildman–Crippen LogP) is 6.31. The van der Waals surface area contributed by atoms with Crippen LogP contribution in [-0.4, -0.2) is 19.6 Å². The van der Waals surface area contributed by atoms with Crippen LogP contribution in [0, 0.1) is 17.4 Å². The fourth-order valence-corrected chi connectivity index (χ4v) is 5.38. The van der Waals surface area contributed by atoms with Crippen molar-refractivity contribution in [2.75, 3.05) is 0 Å². The number of aryl methyl sites for hydroxylation is 2. The van der Waals surface area contributed by atoms with Gasteiger partial charge in [0.1, 0.15) is 11.5 Å². The molecule has 0 aliphatic carbocycles. The van der Waals surface area contributed by atoms with Crippen LogP contribution in [0.5, 0.6) is 0 Å². The van der Waals surface area contributed by atoms with E-state index in [2.05, 4.69) is 32.8 Å². The molecule has 3 aromatic heterocycles. The lowest BCUT2D eigenvalue weighted by Crippen LogP contribution is -2.25. The number of hydrogen-bond donors (Lipinski definition) is 2. The molecule has 6 aromatic rings. The second-order valence-electron chi connectivity index (χ2n) is 9.40. The van der Waals surface area contributed by atoms with E-state index in [0.29, 0.717) is 45.4 Å².